The molecule has 10 heteroatoms. The molecule has 7 nitrogen and oxygen atoms in total. The number of hydrogen-bond acceptors (Lipinski definition) is 4. The number of hydrogen-bond donors (Lipinski definition) is 1. The predicted octanol–water partition coefficient (Wildman–Crippen LogP) is 6.09. The number of nitrogens with one attached hydrogen (secondary N) is 1. The molecule has 41 heavy (non-hydrogen) atoms. The van der Waals surface area contributed by atoms with Gasteiger partial charge in [0, 0.05) is 42.0 Å². The Morgan fingerprint density at radius 1 is 0.951 bits per heavy atom. The van der Waals surface area contributed by atoms with E-state index in [0.29, 0.717) is 27.7 Å². The third-order valence-corrected chi connectivity index (χ3v) is 8.61. The lowest BCUT2D eigenvalue weighted by molar-refractivity contribution is -0.141. The molecule has 0 aliphatic heterocycles. The highest BCUT2D eigenvalue weighted by atomic mass is 35.5. The molecule has 0 bridgehead atoms. The molecular formula is C31H37Cl2N3O4S. The van der Waals surface area contributed by atoms with E-state index in [4.69, 9.17) is 23.2 Å². The molecule has 1 N–H and O–H groups in total. The molecule has 0 radical (unpaired) electrons. The van der Waals surface area contributed by atoms with Crippen LogP contribution >= 0.6 is 23.2 Å². The van der Waals surface area contributed by atoms with E-state index < -0.39 is 16.1 Å². The lowest BCUT2D eigenvalue weighted by atomic mass is 10.0. The van der Waals surface area contributed by atoms with Crippen LogP contribution in [0.5, 0.6) is 0 Å². The summed E-state index contributed by atoms with van der Waals surface area (Å²) in [6.45, 7) is 4.11. The van der Waals surface area contributed by atoms with Gasteiger partial charge in [0.2, 0.25) is 21.8 Å². The fourth-order valence-electron chi connectivity index (χ4n) is 4.43. The normalized spacial score (nSPS) is 12.8. The van der Waals surface area contributed by atoms with Gasteiger partial charge in [0.1, 0.15) is 6.04 Å². The van der Waals surface area contributed by atoms with E-state index in [2.05, 4.69) is 5.32 Å². The van der Waals surface area contributed by atoms with E-state index in [1.54, 1.807) is 47.4 Å². The van der Waals surface area contributed by atoms with Gasteiger partial charge in [0.05, 0.1) is 11.9 Å². The van der Waals surface area contributed by atoms with E-state index >= 15 is 0 Å². The molecule has 220 valence electrons. The summed E-state index contributed by atoms with van der Waals surface area (Å²) in [6, 6.07) is 22.5. The van der Waals surface area contributed by atoms with Crippen LogP contribution in [-0.2, 0) is 32.6 Å². The summed E-state index contributed by atoms with van der Waals surface area (Å²) in [4.78, 5) is 29.1. The third kappa shape index (κ3) is 9.76. The highest BCUT2D eigenvalue weighted by Gasteiger charge is 2.31. The number of amides is 2. The molecule has 0 aliphatic carbocycles. The summed E-state index contributed by atoms with van der Waals surface area (Å²) < 4.78 is 26.4. The molecule has 0 heterocycles. The van der Waals surface area contributed by atoms with Crippen LogP contribution in [0.2, 0.25) is 10.0 Å². The lowest BCUT2D eigenvalue weighted by Gasteiger charge is -2.33. The van der Waals surface area contributed by atoms with Gasteiger partial charge in [-0.15, -0.1) is 0 Å². The second-order valence-corrected chi connectivity index (χ2v) is 12.8. The number of anilines is 1. The van der Waals surface area contributed by atoms with Gasteiger partial charge >= 0.3 is 0 Å². The fraction of sp³-hybridized carbons (Fsp3) is 0.355. The molecule has 0 spiro atoms. The predicted molar refractivity (Wildman–Crippen MR) is 167 cm³/mol. The minimum atomic E-state index is -3.57. The van der Waals surface area contributed by atoms with Gasteiger partial charge in [0.15, 0.2) is 0 Å². The molecule has 3 aromatic carbocycles. The van der Waals surface area contributed by atoms with Crippen LogP contribution in [0, 0.1) is 0 Å². The molecule has 2 atom stereocenters. The Morgan fingerprint density at radius 2 is 1.59 bits per heavy atom. The summed E-state index contributed by atoms with van der Waals surface area (Å²) in [5, 5.41) is 3.89. The van der Waals surface area contributed by atoms with Crippen LogP contribution in [0.25, 0.3) is 0 Å². The second kappa shape index (κ2) is 15.2. The van der Waals surface area contributed by atoms with E-state index in [9.17, 15) is 18.0 Å². The fourth-order valence-corrected chi connectivity index (χ4v) is 5.86. The van der Waals surface area contributed by atoms with Crippen molar-refractivity contribution in [2.75, 3.05) is 17.1 Å². The number of nitrogens with zero attached hydrogens (tertiary/aromatic N) is 2. The SMILES string of the molecule is CC[C@H](C)NC(=O)[C@@H](Cc1ccccc1)N(Cc1ccc(Cl)cc1Cl)C(=O)CCCN(c1ccccc1)S(C)(=O)=O. The van der Waals surface area contributed by atoms with Crippen molar-refractivity contribution in [1.82, 2.24) is 10.2 Å². The van der Waals surface area contributed by atoms with Gasteiger partial charge in [0.25, 0.3) is 0 Å². The Bertz CT molecular complexity index is 1410. The van der Waals surface area contributed by atoms with Crippen LogP contribution in [0.3, 0.4) is 0 Å². The lowest BCUT2D eigenvalue weighted by Crippen LogP contribution is -2.52. The van der Waals surface area contributed by atoms with Gasteiger partial charge in [-0.25, -0.2) is 8.42 Å². The van der Waals surface area contributed by atoms with E-state index in [0.717, 1.165) is 18.2 Å². The highest BCUT2D eigenvalue weighted by Crippen LogP contribution is 2.25. The Labute approximate surface area is 253 Å². The van der Waals surface area contributed by atoms with Crippen molar-refractivity contribution >= 4 is 50.7 Å². The topological polar surface area (TPSA) is 86.8 Å². The zero-order valence-electron chi connectivity index (χ0n) is 23.6. The maximum absolute atomic E-state index is 13.9. The maximum Gasteiger partial charge on any atom is 0.243 e. The first-order valence-corrected chi connectivity index (χ1v) is 16.2. The Kier molecular flexibility index (Phi) is 12.1. The summed E-state index contributed by atoms with van der Waals surface area (Å²) in [6.07, 6.45) is 2.48. The summed E-state index contributed by atoms with van der Waals surface area (Å²) >= 11 is 12.6. The van der Waals surface area contributed by atoms with Crippen LogP contribution in [0.4, 0.5) is 5.69 Å². The number of carbonyl (C=O) groups excluding carboxylic acids is 2. The van der Waals surface area contributed by atoms with Crippen LogP contribution < -0.4 is 9.62 Å². The number of halogens is 2. The van der Waals surface area contributed by atoms with Gasteiger partial charge < -0.3 is 10.2 Å². The molecule has 0 fully saturated rings. The number of carbonyl (C=O) groups is 2. The highest BCUT2D eigenvalue weighted by molar-refractivity contribution is 7.92. The number of benzene rings is 3. The molecule has 0 aliphatic rings. The van der Waals surface area contributed by atoms with Gasteiger partial charge in [-0.2, -0.15) is 0 Å². The molecule has 3 aromatic rings. The largest absolute Gasteiger partial charge is 0.352 e. The molecular weight excluding hydrogens is 581 g/mol. The van der Waals surface area contributed by atoms with Crippen molar-refractivity contribution in [1.29, 1.82) is 0 Å². The minimum Gasteiger partial charge on any atom is -0.352 e. The zero-order chi connectivity index (χ0) is 30.0. The Balaban J connectivity index is 1.91. The van der Waals surface area contributed by atoms with E-state index in [1.807, 2.05) is 50.2 Å². The molecule has 0 saturated carbocycles. The van der Waals surface area contributed by atoms with E-state index in [-0.39, 0.29) is 43.8 Å². The monoisotopic (exact) mass is 617 g/mol. The van der Waals surface area contributed by atoms with Crippen LogP contribution in [0.1, 0.15) is 44.2 Å². The van der Waals surface area contributed by atoms with Crippen molar-refractivity contribution in [2.24, 2.45) is 0 Å². The maximum atomic E-state index is 13.9. The summed E-state index contributed by atoms with van der Waals surface area (Å²) in [7, 11) is -3.57. The van der Waals surface area contributed by atoms with Gasteiger partial charge in [-0.05, 0) is 55.2 Å². The molecule has 0 unspecified atom stereocenters. The quantitative estimate of drug-likeness (QED) is 0.237. The average molecular weight is 619 g/mol. The Morgan fingerprint density at radius 3 is 2.17 bits per heavy atom. The second-order valence-electron chi connectivity index (χ2n) is 10.1. The number of sulfonamides is 1. The molecule has 0 aromatic heterocycles. The van der Waals surface area contributed by atoms with Crippen molar-refractivity contribution in [2.45, 2.75) is 58.2 Å². The average Bonchev–Trinajstić information content (AvgIpc) is 2.94. The number of rotatable bonds is 14. The summed E-state index contributed by atoms with van der Waals surface area (Å²) in [5.41, 5.74) is 2.09. The zero-order valence-corrected chi connectivity index (χ0v) is 25.9. The summed E-state index contributed by atoms with van der Waals surface area (Å²) in [5.74, 6) is -0.540. The first kappa shape index (κ1) is 32.4. The molecule has 2 amide bonds. The van der Waals surface area contributed by atoms with Gasteiger partial charge in [-0.1, -0.05) is 84.7 Å². The van der Waals surface area contributed by atoms with Crippen molar-refractivity contribution in [3.05, 3.63) is 100 Å². The smallest absolute Gasteiger partial charge is 0.243 e. The Hall–Kier alpha value is -3.07. The molecule has 3 rings (SSSR count). The van der Waals surface area contributed by atoms with E-state index in [1.165, 1.54) is 4.31 Å². The minimum absolute atomic E-state index is 0.0337. The van der Waals surface area contributed by atoms with Crippen molar-refractivity contribution < 1.29 is 18.0 Å². The number of para-hydroxylation sites is 1. The van der Waals surface area contributed by atoms with Gasteiger partial charge in [-0.3, -0.25) is 13.9 Å². The van der Waals surface area contributed by atoms with Crippen molar-refractivity contribution in [3.8, 4) is 0 Å². The van der Waals surface area contributed by atoms with Crippen LogP contribution in [-0.4, -0.2) is 50.0 Å². The first-order valence-electron chi connectivity index (χ1n) is 13.6. The first-order chi connectivity index (χ1) is 19.5. The van der Waals surface area contributed by atoms with Crippen LogP contribution in [0.15, 0.2) is 78.9 Å². The van der Waals surface area contributed by atoms with Crippen molar-refractivity contribution in [3.63, 3.8) is 0 Å². The molecule has 0 saturated heterocycles. The standard InChI is InChI=1S/C31H37Cl2N3O4S/c1-4-23(2)34-31(38)29(20-24-12-7-5-8-13-24)35(22-25-17-18-26(32)21-28(25)33)30(37)16-11-19-36(41(3,39)40)27-14-9-6-10-15-27/h5-10,12-15,17-18,21,23,29H,4,11,16,19-20,22H2,1-3H3,(H,34,38)/t23-,29+/m0/s1. The third-order valence-electron chi connectivity index (χ3n) is 6.82.